The van der Waals surface area contributed by atoms with Crippen molar-refractivity contribution in [1.82, 2.24) is 0 Å². The number of carbonyl (C=O) groups excluding carboxylic acids is 1. The van der Waals surface area contributed by atoms with E-state index in [-0.39, 0.29) is 17.8 Å². The summed E-state index contributed by atoms with van der Waals surface area (Å²) >= 11 is 1.44. The first-order valence-corrected chi connectivity index (χ1v) is 6.28. The van der Waals surface area contributed by atoms with Gasteiger partial charge in [-0.05, 0) is 26.0 Å². The van der Waals surface area contributed by atoms with Gasteiger partial charge in [0.05, 0.1) is 11.9 Å². The summed E-state index contributed by atoms with van der Waals surface area (Å²) in [5.74, 6) is 0.560. The molecule has 2 N–H and O–H groups in total. The van der Waals surface area contributed by atoms with Gasteiger partial charge in [-0.1, -0.05) is 17.7 Å². The van der Waals surface area contributed by atoms with Gasteiger partial charge in [-0.2, -0.15) is 0 Å². The van der Waals surface area contributed by atoms with Gasteiger partial charge in [-0.15, -0.1) is 11.8 Å². The second kappa shape index (κ2) is 6.55. The van der Waals surface area contributed by atoms with Crippen molar-refractivity contribution in [2.75, 3.05) is 17.7 Å². The maximum Gasteiger partial charge on any atom is 0.237 e. The van der Waals surface area contributed by atoms with Gasteiger partial charge in [0.25, 0.3) is 0 Å². The molecule has 88 valence electrons. The van der Waals surface area contributed by atoms with Crippen LogP contribution in [0.25, 0.3) is 0 Å². The molecule has 1 rings (SSSR count). The van der Waals surface area contributed by atoms with Crippen LogP contribution in [0.2, 0.25) is 0 Å². The molecule has 0 heterocycles. The molecule has 0 bridgehead atoms. The van der Waals surface area contributed by atoms with Crippen LogP contribution >= 0.6 is 11.8 Å². The third-order valence-corrected chi connectivity index (χ3v) is 3.28. The molecule has 3 nitrogen and oxygen atoms in total. The van der Waals surface area contributed by atoms with Crippen molar-refractivity contribution >= 4 is 23.4 Å². The second-order valence-corrected chi connectivity index (χ2v) is 5.04. The van der Waals surface area contributed by atoms with Crippen molar-refractivity contribution in [1.29, 1.82) is 0 Å². The van der Waals surface area contributed by atoms with E-state index in [1.54, 1.807) is 0 Å². The maximum atomic E-state index is 11.7. The van der Waals surface area contributed by atoms with Crippen LogP contribution in [-0.2, 0) is 4.79 Å². The highest BCUT2D eigenvalue weighted by Crippen LogP contribution is 2.14. The summed E-state index contributed by atoms with van der Waals surface area (Å²) in [7, 11) is 0. The van der Waals surface area contributed by atoms with Crippen molar-refractivity contribution in [2.45, 2.75) is 19.1 Å². The molecule has 1 aromatic rings. The topological polar surface area (TPSA) is 49.3 Å². The van der Waals surface area contributed by atoms with Crippen LogP contribution in [0, 0.1) is 6.92 Å². The van der Waals surface area contributed by atoms with E-state index in [4.69, 9.17) is 5.11 Å². The number of amides is 1. The first-order chi connectivity index (χ1) is 7.63. The minimum atomic E-state index is -0.145. The van der Waals surface area contributed by atoms with E-state index in [1.807, 2.05) is 38.1 Å². The number of benzene rings is 1. The summed E-state index contributed by atoms with van der Waals surface area (Å²) in [6.45, 7) is 3.95. The average molecular weight is 239 g/mol. The van der Waals surface area contributed by atoms with Crippen molar-refractivity contribution < 1.29 is 9.90 Å². The Morgan fingerprint density at radius 3 is 2.62 bits per heavy atom. The number of aliphatic hydroxyl groups excluding tert-OH is 1. The third kappa shape index (κ3) is 4.24. The number of carbonyl (C=O) groups is 1. The number of hydrogen-bond acceptors (Lipinski definition) is 3. The average Bonchev–Trinajstić information content (AvgIpc) is 2.29. The molecule has 1 amide bonds. The number of thioether (sulfide) groups is 1. The van der Waals surface area contributed by atoms with Crippen LogP contribution in [0.4, 0.5) is 5.69 Å². The Hall–Kier alpha value is -1.00. The minimum absolute atomic E-state index is 0.0256. The largest absolute Gasteiger partial charge is 0.396 e. The number of nitrogens with one attached hydrogen (secondary N) is 1. The van der Waals surface area contributed by atoms with E-state index >= 15 is 0 Å². The molecule has 1 unspecified atom stereocenters. The fourth-order valence-electron chi connectivity index (χ4n) is 1.19. The molecule has 16 heavy (non-hydrogen) atoms. The molecule has 1 aromatic carbocycles. The predicted octanol–water partition coefficient (Wildman–Crippen LogP) is 2.05. The van der Waals surface area contributed by atoms with E-state index < -0.39 is 0 Å². The van der Waals surface area contributed by atoms with Gasteiger partial charge in [-0.25, -0.2) is 0 Å². The molecular weight excluding hydrogens is 222 g/mol. The fourth-order valence-corrected chi connectivity index (χ4v) is 1.86. The Morgan fingerprint density at radius 2 is 2.06 bits per heavy atom. The molecule has 0 saturated carbocycles. The van der Waals surface area contributed by atoms with E-state index in [2.05, 4.69) is 5.32 Å². The zero-order chi connectivity index (χ0) is 12.0. The highest BCUT2D eigenvalue weighted by molar-refractivity contribution is 8.00. The Morgan fingerprint density at radius 1 is 1.44 bits per heavy atom. The van der Waals surface area contributed by atoms with Crippen molar-refractivity contribution in [3.05, 3.63) is 29.8 Å². The van der Waals surface area contributed by atoms with Crippen LogP contribution in [0.1, 0.15) is 12.5 Å². The van der Waals surface area contributed by atoms with Crippen LogP contribution in [0.5, 0.6) is 0 Å². The van der Waals surface area contributed by atoms with Gasteiger partial charge in [-0.3, -0.25) is 4.79 Å². The number of anilines is 1. The standard InChI is InChI=1S/C12H17NO2S/c1-9-3-5-11(6-4-9)13-12(15)10(2)16-8-7-14/h3-6,10,14H,7-8H2,1-2H3,(H,13,15). The predicted molar refractivity (Wildman–Crippen MR) is 68.8 cm³/mol. The number of rotatable bonds is 5. The zero-order valence-corrected chi connectivity index (χ0v) is 10.4. The molecule has 0 aromatic heterocycles. The normalized spacial score (nSPS) is 12.2. The summed E-state index contributed by atoms with van der Waals surface area (Å²) in [6.07, 6.45) is 0. The number of aliphatic hydroxyl groups is 1. The van der Waals surface area contributed by atoms with Gasteiger partial charge in [0.1, 0.15) is 0 Å². The van der Waals surface area contributed by atoms with Crippen LogP contribution < -0.4 is 5.32 Å². The summed E-state index contributed by atoms with van der Waals surface area (Å²) in [5, 5.41) is 11.4. The SMILES string of the molecule is Cc1ccc(NC(=O)C(C)SCCO)cc1. The molecule has 0 aliphatic heterocycles. The molecule has 0 aliphatic carbocycles. The quantitative estimate of drug-likeness (QED) is 0.826. The molecule has 1 atom stereocenters. The van der Waals surface area contributed by atoms with Crippen LogP contribution in [-0.4, -0.2) is 28.6 Å². The second-order valence-electron chi connectivity index (χ2n) is 3.59. The first kappa shape index (κ1) is 13.1. The Bertz CT molecular complexity index is 337. The Labute approximate surface area is 100 Å². The number of aryl methyl sites for hydroxylation is 1. The highest BCUT2D eigenvalue weighted by Gasteiger charge is 2.12. The lowest BCUT2D eigenvalue weighted by Gasteiger charge is -2.11. The molecule has 4 heteroatoms. The Balaban J connectivity index is 2.47. The van der Waals surface area contributed by atoms with E-state index in [0.29, 0.717) is 5.75 Å². The van der Waals surface area contributed by atoms with E-state index in [1.165, 1.54) is 17.3 Å². The van der Waals surface area contributed by atoms with Gasteiger partial charge in [0.15, 0.2) is 0 Å². The summed E-state index contributed by atoms with van der Waals surface area (Å²) in [4.78, 5) is 11.7. The summed E-state index contributed by atoms with van der Waals surface area (Å²) in [5.41, 5.74) is 1.98. The van der Waals surface area contributed by atoms with Crippen LogP contribution in [0.3, 0.4) is 0 Å². The molecular formula is C12H17NO2S. The van der Waals surface area contributed by atoms with Gasteiger partial charge in [0, 0.05) is 11.4 Å². The summed E-state index contributed by atoms with van der Waals surface area (Å²) < 4.78 is 0. The van der Waals surface area contributed by atoms with Gasteiger partial charge < -0.3 is 10.4 Å². The Kier molecular flexibility index (Phi) is 5.35. The smallest absolute Gasteiger partial charge is 0.237 e. The lowest BCUT2D eigenvalue weighted by Crippen LogP contribution is -2.23. The minimum Gasteiger partial charge on any atom is -0.396 e. The molecule has 0 spiro atoms. The van der Waals surface area contributed by atoms with Crippen molar-refractivity contribution in [3.8, 4) is 0 Å². The lowest BCUT2D eigenvalue weighted by molar-refractivity contribution is -0.115. The van der Waals surface area contributed by atoms with Gasteiger partial charge >= 0.3 is 0 Å². The first-order valence-electron chi connectivity index (χ1n) is 5.23. The zero-order valence-electron chi connectivity index (χ0n) is 9.56. The highest BCUT2D eigenvalue weighted by atomic mass is 32.2. The van der Waals surface area contributed by atoms with Crippen LogP contribution in [0.15, 0.2) is 24.3 Å². The van der Waals surface area contributed by atoms with Gasteiger partial charge in [0.2, 0.25) is 5.91 Å². The maximum absolute atomic E-state index is 11.7. The molecule has 0 radical (unpaired) electrons. The van der Waals surface area contributed by atoms with Crippen molar-refractivity contribution in [3.63, 3.8) is 0 Å². The fraction of sp³-hybridized carbons (Fsp3) is 0.417. The molecule has 0 aliphatic rings. The van der Waals surface area contributed by atoms with Crippen molar-refractivity contribution in [2.24, 2.45) is 0 Å². The number of hydrogen-bond donors (Lipinski definition) is 2. The molecule has 0 saturated heterocycles. The third-order valence-electron chi connectivity index (χ3n) is 2.15. The molecule has 0 fully saturated rings. The van der Waals surface area contributed by atoms with E-state index in [0.717, 1.165) is 5.69 Å². The van der Waals surface area contributed by atoms with E-state index in [9.17, 15) is 4.79 Å². The lowest BCUT2D eigenvalue weighted by atomic mass is 10.2. The summed E-state index contributed by atoms with van der Waals surface area (Å²) in [6, 6.07) is 7.69. The monoisotopic (exact) mass is 239 g/mol.